The Hall–Kier alpha value is -4.97. The molecule has 0 N–H and O–H groups in total. The van der Waals surface area contributed by atoms with Gasteiger partial charge in [0.15, 0.2) is 11.6 Å². The molecule has 9 heteroatoms. The number of carbonyl (C=O) groups is 2. The first-order valence-corrected chi connectivity index (χ1v) is 15.0. The van der Waals surface area contributed by atoms with Gasteiger partial charge in [0, 0.05) is 24.5 Å². The highest BCUT2D eigenvalue weighted by atomic mass is 19.2. The van der Waals surface area contributed by atoms with E-state index in [4.69, 9.17) is 14.7 Å². The molecule has 0 spiro atoms. The van der Waals surface area contributed by atoms with E-state index in [1.165, 1.54) is 30.3 Å². The minimum atomic E-state index is -1.08. The van der Waals surface area contributed by atoms with E-state index in [0.29, 0.717) is 29.7 Å². The Morgan fingerprint density at radius 3 is 2.04 bits per heavy atom. The number of unbranched alkanes of at least 4 members (excludes halogenated alkanes) is 6. The van der Waals surface area contributed by atoms with E-state index < -0.39 is 29.2 Å². The number of esters is 2. The van der Waals surface area contributed by atoms with Gasteiger partial charge >= 0.3 is 11.9 Å². The molecule has 0 radical (unpaired) electrons. The Morgan fingerprint density at radius 1 is 0.761 bits per heavy atom. The molecule has 0 saturated heterocycles. The van der Waals surface area contributed by atoms with Crippen molar-refractivity contribution in [3.05, 3.63) is 120 Å². The average Bonchev–Trinajstić information content (AvgIpc) is 3.03. The standard InChI is InChI=1S/C37H35F4NO4/c1-3-29(17-13-25(2)26-14-15-28(24-42)33(39)21-26)45-36(43)11-9-7-5-4-6-8-10-12-37(44)46-30-18-19-31(34(40)23-30)27-16-20-32(38)35(41)22-27/h3,13-23H,2,4-12H2,1H3/b17-13-,29-3+. The molecular weight excluding hydrogens is 598 g/mol. The zero-order valence-electron chi connectivity index (χ0n) is 25.6. The summed E-state index contributed by atoms with van der Waals surface area (Å²) in [6.45, 7) is 5.62. The molecule has 0 saturated carbocycles. The van der Waals surface area contributed by atoms with Crippen molar-refractivity contribution in [2.24, 2.45) is 0 Å². The molecular formula is C37H35F4NO4. The number of benzene rings is 3. The number of halogens is 4. The predicted octanol–water partition coefficient (Wildman–Crippen LogP) is 9.91. The maximum Gasteiger partial charge on any atom is 0.311 e. The number of carbonyl (C=O) groups excluding carboxylic acids is 2. The van der Waals surface area contributed by atoms with Crippen LogP contribution in [0.5, 0.6) is 5.75 Å². The summed E-state index contributed by atoms with van der Waals surface area (Å²) in [6.07, 6.45) is 11.0. The second-order valence-corrected chi connectivity index (χ2v) is 10.5. The van der Waals surface area contributed by atoms with Crippen LogP contribution in [0.3, 0.4) is 0 Å². The van der Waals surface area contributed by atoms with Crippen molar-refractivity contribution < 1.29 is 36.6 Å². The van der Waals surface area contributed by atoms with Crippen molar-refractivity contribution in [2.75, 3.05) is 0 Å². The summed E-state index contributed by atoms with van der Waals surface area (Å²) in [5.41, 5.74) is 1.20. The van der Waals surface area contributed by atoms with Crippen LogP contribution in [0.2, 0.25) is 0 Å². The van der Waals surface area contributed by atoms with Crippen LogP contribution in [0.25, 0.3) is 16.7 Å². The topological polar surface area (TPSA) is 76.4 Å². The Balaban J connectivity index is 1.26. The molecule has 0 aliphatic carbocycles. The third kappa shape index (κ3) is 11.2. The lowest BCUT2D eigenvalue weighted by Crippen LogP contribution is -2.07. The number of hydrogen-bond donors (Lipinski definition) is 0. The normalized spacial score (nSPS) is 11.3. The summed E-state index contributed by atoms with van der Waals surface area (Å²) in [6, 6.07) is 12.9. The van der Waals surface area contributed by atoms with E-state index >= 15 is 0 Å². The summed E-state index contributed by atoms with van der Waals surface area (Å²) in [4.78, 5) is 24.4. The summed E-state index contributed by atoms with van der Waals surface area (Å²) >= 11 is 0. The summed E-state index contributed by atoms with van der Waals surface area (Å²) in [7, 11) is 0. The number of nitriles is 1. The smallest absolute Gasteiger partial charge is 0.311 e. The highest BCUT2D eigenvalue weighted by Crippen LogP contribution is 2.28. The fourth-order valence-corrected chi connectivity index (χ4v) is 4.52. The molecule has 0 bridgehead atoms. The average molecular weight is 634 g/mol. The van der Waals surface area contributed by atoms with Crippen LogP contribution >= 0.6 is 0 Å². The van der Waals surface area contributed by atoms with Crippen LogP contribution in [0.1, 0.15) is 75.8 Å². The van der Waals surface area contributed by atoms with E-state index in [9.17, 15) is 27.2 Å². The summed E-state index contributed by atoms with van der Waals surface area (Å²) in [5.74, 6) is -3.91. The van der Waals surface area contributed by atoms with Crippen LogP contribution in [-0.4, -0.2) is 11.9 Å². The number of allylic oxidation sites excluding steroid dienone is 4. The van der Waals surface area contributed by atoms with Gasteiger partial charge in [-0.05, 0) is 85.0 Å². The first-order chi connectivity index (χ1) is 22.1. The Kier molecular flexibility index (Phi) is 14.0. The quantitative estimate of drug-likeness (QED) is 0.0392. The third-order valence-corrected chi connectivity index (χ3v) is 7.09. The van der Waals surface area contributed by atoms with Crippen molar-refractivity contribution in [1.82, 2.24) is 0 Å². The Morgan fingerprint density at radius 2 is 1.43 bits per heavy atom. The maximum absolute atomic E-state index is 14.5. The van der Waals surface area contributed by atoms with Gasteiger partial charge in [0.2, 0.25) is 0 Å². The lowest BCUT2D eigenvalue weighted by Gasteiger charge is -2.08. The van der Waals surface area contributed by atoms with E-state index in [1.54, 1.807) is 37.3 Å². The van der Waals surface area contributed by atoms with E-state index in [-0.39, 0.29) is 41.3 Å². The zero-order chi connectivity index (χ0) is 33.5. The first kappa shape index (κ1) is 35.5. The largest absolute Gasteiger partial charge is 0.427 e. The van der Waals surface area contributed by atoms with Gasteiger partial charge in [-0.3, -0.25) is 9.59 Å². The van der Waals surface area contributed by atoms with E-state index in [0.717, 1.165) is 50.3 Å². The molecule has 0 atom stereocenters. The molecule has 0 aliphatic heterocycles. The SMILES string of the molecule is C=C(/C=C\C(=C/C)OC(=O)CCCCCCCCCC(=O)Oc1ccc(-c2ccc(F)c(F)c2)c(F)c1)c1ccc(C#N)c(F)c1. The van der Waals surface area contributed by atoms with E-state index in [2.05, 4.69) is 6.58 Å². The number of rotatable bonds is 16. The second-order valence-electron chi connectivity index (χ2n) is 10.5. The number of ether oxygens (including phenoxy) is 2. The van der Waals surface area contributed by atoms with Crippen LogP contribution in [-0.2, 0) is 14.3 Å². The highest BCUT2D eigenvalue weighted by molar-refractivity contribution is 5.74. The van der Waals surface area contributed by atoms with Crippen LogP contribution in [0.4, 0.5) is 17.6 Å². The molecule has 0 aromatic heterocycles. The number of nitrogens with zero attached hydrogens (tertiary/aromatic N) is 1. The minimum absolute atomic E-state index is 0.0372. The highest BCUT2D eigenvalue weighted by Gasteiger charge is 2.12. The van der Waals surface area contributed by atoms with E-state index in [1.807, 2.05) is 0 Å². The van der Waals surface area contributed by atoms with Gasteiger partial charge in [-0.1, -0.05) is 56.9 Å². The summed E-state index contributed by atoms with van der Waals surface area (Å²) in [5, 5.41) is 8.86. The van der Waals surface area contributed by atoms with Gasteiger partial charge < -0.3 is 9.47 Å². The molecule has 0 fully saturated rings. The fraction of sp³-hybridized carbons (Fsp3) is 0.270. The molecule has 240 valence electrons. The van der Waals surface area contributed by atoms with Crippen molar-refractivity contribution >= 4 is 17.5 Å². The fourth-order valence-electron chi connectivity index (χ4n) is 4.52. The molecule has 46 heavy (non-hydrogen) atoms. The lowest BCUT2D eigenvalue weighted by molar-refractivity contribution is -0.139. The molecule has 3 aromatic carbocycles. The summed E-state index contributed by atoms with van der Waals surface area (Å²) < 4.78 is 65.6. The van der Waals surface area contributed by atoms with Gasteiger partial charge in [-0.15, -0.1) is 0 Å². The monoisotopic (exact) mass is 633 g/mol. The van der Waals surface area contributed by atoms with Crippen LogP contribution in [0, 0.1) is 34.6 Å². The molecule has 0 unspecified atom stereocenters. The maximum atomic E-state index is 14.5. The van der Waals surface area contributed by atoms with Crippen molar-refractivity contribution in [2.45, 2.75) is 64.7 Å². The Labute approximate surface area is 266 Å². The molecule has 5 nitrogen and oxygen atoms in total. The molecule has 0 aliphatic rings. The van der Waals surface area contributed by atoms with Gasteiger partial charge in [0.05, 0.1) is 5.56 Å². The predicted molar refractivity (Wildman–Crippen MR) is 168 cm³/mol. The Bertz CT molecular complexity index is 1660. The van der Waals surface area contributed by atoms with Gasteiger partial charge in [-0.2, -0.15) is 5.26 Å². The number of hydrogen-bond acceptors (Lipinski definition) is 5. The van der Waals surface area contributed by atoms with Gasteiger partial charge in [0.1, 0.15) is 29.2 Å². The van der Waals surface area contributed by atoms with Crippen LogP contribution in [0.15, 0.2) is 85.2 Å². The lowest BCUT2D eigenvalue weighted by atomic mass is 10.0. The second kappa shape index (κ2) is 18.1. The zero-order valence-corrected chi connectivity index (χ0v) is 25.6. The van der Waals surface area contributed by atoms with Crippen LogP contribution < -0.4 is 4.74 Å². The van der Waals surface area contributed by atoms with Crippen molar-refractivity contribution in [3.8, 4) is 22.9 Å². The third-order valence-electron chi connectivity index (χ3n) is 7.09. The van der Waals surface area contributed by atoms with Gasteiger partial charge in [-0.25, -0.2) is 17.6 Å². The first-order valence-electron chi connectivity index (χ1n) is 15.0. The van der Waals surface area contributed by atoms with Crippen molar-refractivity contribution in [1.29, 1.82) is 5.26 Å². The van der Waals surface area contributed by atoms with Crippen molar-refractivity contribution in [3.63, 3.8) is 0 Å². The molecule has 3 rings (SSSR count). The van der Waals surface area contributed by atoms with Gasteiger partial charge in [0.25, 0.3) is 0 Å². The molecule has 0 amide bonds. The molecule has 0 heterocycles. The minimum Gasteiger partial charge on any atom is -0.427 e. The molecule has 3 aromatic rings.